The number of fused-ring (bicyclic) bond motifs is 10. The Morgan fingerprint density at radius 1 is 0.393 bits per heavy atom. The normalized spacial score (nSPS) is 11.9. The molecule has 4 heterocycles. The maximum Gasteiger partial charge on any atom is 0.136 e. The Bertz CT molecular complexity index is 3420. The lowest BCUT2D eigenvalue weighted by molar-refractivity contribution is 0.669. The third-order valence-corrected chi connectivity index (χ3v) is 11.2. The summed E-state index contributed by atoms with van der Waals surface area (Å²) in [6, 6.07) is 66.1. The molecule has 262 valence electrons. The van der Waals surface area contributed by atoms with E-state index in [-0.39, 0.29) is 0 Å². The number of hydrogen-bond acceptors (Lipinski definition) is 3. The molecule has 56 heavy (non-hydrogen) atoms. The van der Waals surface area contributed by atoms with Gasteiger partial charge in [-0.2, -0.15) is 0 Å². The van der Waals surface area contributed by atoms with E-state index < -0.39 is 0 Å². The second-order valence-electron chi connectivity index (χ2n) is 14.2. The van der Waals surface area contributed by atoms with Gasteiger partial charge in [0.2, 0.25) is 0 Å². The van der Waals surface area contributed by atoms with E-state index in [1.807, 2.05) is 35.0 Å². The van der Waals surface area contributed by atoms with Gasteiger partial charge < -0.3 is 13.6 Å². The third kappa shape index (κ3) is 4.32. The lowest BCUT2D eigenvalue weighted by atomic mass is 9.99. The molecule has 0 atom stereocenters. The molecular formula is C50H31N5O. The molecule has 6 nitrogen and oxygen atoms in total. The minimum Gasteiger partial charge on any atom is -0.456 e. The molecule has 6 heteroatoms. The van der Waals surface area contributed by atoms with Gasteiger partial charge in [-0.05, 0) is 60.7 Å². The molecule has 0 radical (unpaired) electrons. The molecule has 0 saturated heterocycles. The van der Waals surface area contributed by atoms with Crippen LogP contribution in [-0.2, 0) is 0 Å². The zero-order chi connectivity index (χ0) is 36.7. The zero-order valence-electron chi connectivity index (χ0n) is 30.0. The molecule has 0 aliphatic carbocycles. The van der Waals surface area contributed by atoms with Crippen molar-refractivity contribution >= 4 is 65.6 Å². The van der Waals surface area contributed by atoms with Crippen molar-refractivity contribution in [3.63, 3.8) is 0 Å². The molecule has 0 fully saturated rings. The van der Waals surface area contributed by atoms with Crippen molar-refractivity contribution in [2.24, 2.45) is 0 Å². The van der Waals surface area contributed by atoms with Crippen LogP contribution in [0.5, 0.6) is 0 Å². The molecule has 8 aromatic carbocycles. The molecule has 0 amide bonds. The van der Waals surface area contributed by atoms with E-state index in [4.69, 9.17) is 14.7 Å². The lowest BCUT2D eigenvalue weighted by Crippen LogP contribution is -2.03. The molecular weight excluding hydrogens is 687 g/mol. The Balaban J connectivity index is 1.17. The van der Waals surface area contributed by atoms with Gasteiger partial charge in [-0.15, -0.1) is 5.10 Å². The SMILES string of the molecule is c1ccc(-c2nnn(-c3ccccc3)c2-c2cccc3c2c2ccccc2n3-c2ccccc2-n2c3ccccc3c3c4c(ccc32)oc2ccccc24)cc1. The quantitative estimate of drug-likeness (QED) is 0.178. The molecule has 0 N–H and O–H groups in total. The summed E-state index contributed by atoms with van der Waals surface area (Å²) in [6.07, 6.45) is 0. The minimum atomic E-state index is 0.836. The summed E-state index contributed by atoms with van der Waals surface area (Å²) in [5, 5.41) is 16.6. The monoisotopic (exact) mass is 717 g/mol. The number of aromatic nitrogens is 5. The molecule has 0 bridgehead atoms. The van der Waals surface area contributed by atoms with Crippen LogP contribution in [0.2, 0.25) is 0 Å². The van der Waals surface area contributed by atoms with Crippen molar-refractivity contribution in [3.8, 4) is 39.6 Å². The maximum atomic E-state index is 6.39. The molecule has 4 aromatic heterocycles. The Hall–Kier alpha value is -7.70. The van der Waals surface area contributed by atoms with Crippen LogP contribution in [0.25, 0.3) is 105 Å². The molecule has 0 aliphatic heterocycles. The molecule has 12 aromatic rings. The minimum absolute atomic E-state index is 0.836. The average Bonchev–Trinajstić information content (AvgIpc) is 4.04. The van der Waals surface area contributed by atoms with E-state index in [1.54, 1.807) is 0 Å². The third-order valence-electron chi connectivity index (χ3n) is 11.2. The van der Waals surface area contributed by atoms with Crippen molar-refractivity contribution in [1.82, 2.24) is 24.1 Å². The Labute approximate surface area is 320 Å². The number of rotatable bonds is 5. The predicted molar refractivity (Wildman–Crippen MR) is 228 cm³/mol. The van der Waals surface area contributed by atoms with E-state index in [2.05, 4.69) is 167 Å². The highest BCUT2D eigenvalue weighted by atomic mass is 16.3. The topological polar surface area (TPSA) is 53.7 Å². The van der Waals surface area contributed by atoms with Crippen LogP contribution in [0, 0.1) is 0 Å². The number of furan rings is 1. The van der Waals surface area contributed by atoms with Gasteiger partial charge in [-0.1, -0.05) is 133 Å². The first-order valence-corrected chi connectivity index (χ1v) is 18.9. The average molecular weight is 718 g/mol. The molecule has 12 rings (SSSR count). The van der Waals surface area contributed by atoms with E-state index in [0.29, 0.717) is 0 Å². The molecule has 0 unspecified atom stereocenters. The molecule has 0 aliphatic rings. The predicted octanol–water partition coefficient (Wildman–Crippen LogP) is 12.7. The summed E-state index contributed by atoms with van der Waals surface area (Å²) in [6.45, 7) is 0. The van der Waals surface area contributed by atoms with Crippen molar-refractivity contribution in [3.05, 3.63) is 188 Å². The van der Waals surface area contributed by atoms with Crippen molar-refractivity contribution in [1.29, 1.82) is 0 Å². The highest BCUT2D eigenvalue weighted by Gasteiger charge is 2.25. The van der Waals surface area contributed by atoms with E-state index in [9.17, 15) is 0 Å². The first kappa shape index (κ1) is 30.7. The smallest absolute Gasteiger partial charge is 0.136 e. The lowest BCUT2D eigenvalue weighted by Gasteiger charge is -2.17. The van der Waals surface area contributed by atoms with E-state index >= 15 is 0 Å². The summed E-state index contributed by atoms with van der Waals surface area (Å²) in [4.78, 5) is 0. The first-order chi connectivity index (χ1) is 27.8. The van der Waals surface area contributed by atoms with Gasteiger partial charge in [0.05, 0.1) is 39.1 Å². The van der Waals surface area contributed by atoms with Crippen LogP contribution in [0.1, 0.15) is 0 Å². The van der Waals surface area contributed by atoms with Gasteiger partial charge in [-0.3, -0.25) is 0 Å². The van der Waals surface area contributed by atoms with Crippen LogP contribution in [0.4, 0.5) is 0 Å². The largest absolute Gasteiger partial charge is 0.456 e. The Kier molecular flexibility index (Phi) is 6.53. The highest BCUT2D eigenvalue weighted by Crippen LogP contribution is 2.45. The fourth-order valence-corrected chi connectivity index (χ4v) is 8.92. The van der Waals surface area contributed by atoms with Gasteiger partial charge in [0, 0.05) is 43.4 Å². The van der Waals surface area contributed by atoms with Crippen LogP contribution in [-0.4, -0.2) is 24.1 Å². The number of nitrogens with zero attached hydrogens (tertiary/aromatic N) is 5. The van der Waals surface area contributed by atoms with E-state index in [1.165, 1.54) is 10.8 Å². The number of para-hydroxylation sites is 6. The maximum absolute atomic E-state index is 6.39. The summed E-state index contributed by atoms with van der Waals surface area (Å²) in [7, 11) is 0. The zero-order valence-corrected chi connectivity index (χ0v) is 30.0. The van der Waals surface area contributed by atoms with Gasteiger partial charge in [0.15, 0.2) is 0 Å². The van der Waals surface area contributed by atoms with Crippen LogP contribution < -0.4 is 0 Å². The number of hydrogen-bond donors (Lipinski definition) is 0. The van der Waals surface area contributed by atoms with E-state index in [0.717, 1.165) is 94.4 Å². The van der Waals surface area contributed by atoms with Crippen LogP contribution >= 0.6 is 0 Å². The van der Waals surface area contributed by atoms with Crippen LogP contribution in [0.15, 0.2) is 192 Å². The van der Waals surface area contributed by atoms with Gasteiger partial charge in [-0.25, -0.2) is 4.68 Å². The summed E-state index contributed by atoms with van der Waals surface area (Å²) < 4.78 is 13.2. The standard InChI is InChI=1S/C50H31N5O/c1-3-16-32(17-4-1)49-50(55(52-51-49)33-18-5-2-6-19-33)37-23-15-28-42-46(37)34-20-7-10-24-38(34)53(42)40-26-12-13-27-41(40)54-39-25-11-8-21-35(39)47-43(54)30-31-45-48(47)36-22-9-14-29-44(36)56-45/h1-31H. The van der Waals surface area contributed by atoms with Crippen molar-refractivity contribution in [2.45, 2.75) is 0 Å². The van der Waals surface area contributed by atoms with Gasteiger partial charge in [0.1, 0.15) is 22.6 Å². The summed E-state index contributed by atoms with van der Waals surface area (Å²) >= 11 is 0. The van der Waals surface area contributed by atoms with Crippen molar-refractivity contribution in [2.75, 3.05) is 0 Å². The first-order valence-electron chi connectivity index (χ1n) is 18.9. The molecule has 0 spiro atoms. The second kappa shape index (κ2) is 11.9. The van der Waals surface area contributed by atoms with Gasteiger partial charge >= 0.3 is 0 Å². The van der Waals surface area contributed by atoms with Crippen LogP contribution in [0.3, 0.4) is 0 Å². The Morgan fingerprint density at radius 3 is 1.70 bits per heavy atom. The summed E-state index contributed by atoms with van der Waals surface area (Å²) in [5.41, 5.74) is 13.2. The highest BCUT2D eigenvalue weighted by molar-refractivity contribution is 6.27. The molecule has 0 saturated carbocycles. The Morgan fingerprint density at radius 2 is 0.964 bits per heavy atom. The summed E-state index contributed by atoms with van der Waals surface area (Å²) in [5.74, 6) is 0. The van der Waals surface area contributed by atoms with Gasteiger partial charge in [0.25, 0.3) is 0 Å². The van der Waals surface area contributed by atoms with Crippen molar-refractivity contribution < 1.29 is 4.42 Å². The fourth-order valence-electron chi connectivity index (χ4n) is 8.92. The fraction of sp³-hybridized carbons (Fsp3) is 0. The number of benzene rings is 8. The second-order valence-corrected chi connectivity index (χ2v) is 14.2.